The lowest BCUT2D eigenvalue weighted by Crippen LogP contribution is -2.07. The van der Waals surface area contributed by atoms with Gasteiger partial charge in [0, 0.05) is 12.2 Å². The number of hydrogen-bond acceptors (Lipinski definition) is 5. The van der Waals surface area contributed by atoms with Gasteiger partial charge in [-0.1, -0.05) is 30.1 Å². The van der Waals surface area contributed by atoms with Crippen LogP contribution in [-0.4, -0.2) is 21.5 Å². The summed E-state index contributed by atoms with van der Waals surface area (Å²) >= 11 is 17.7. The summed E-state index contributed by atoms with van der Waals surface area (Å²) in [6.07, 6.45) is 0.957. The zero-order valence-corrected chi connectivity index (χ0v) is 12.9. The van der Waals surface area contributed by atoms with Crippen molar-refractivity contribution in [1.82, 2.24) is 15.0 Å². The number of benzene rings is 1. The van der Waals surface area contributed by atoms with Gasteiger partial charge in [-0.15, -0.1) is 0 Å². The molecule has 2 rings (SSSR count). The van der Waals surface area contributed by atoms with Crippen LogP contribution in [0.3, 0.4) is 0 Å². The van der Waals surface area contributed by atoms with Crippen LogP contribution in [0.2, 0.25) is 15.3 Å². The molecule has 1 aromatic heterocycles. The highest BCUT2D eigenvalue weighted by Gasteiger charge is 2.06. The van der Waals surface area contributed by atoms with Crippen molar-refractivity contribution in [2.75, 3.05) is 17.2 Å². The van der Waals surface area contributed by atoms with Gasteiger partial charge in [-0.2, -0.15) is 15.0 Å². The molecule has 0 amide bonds. The van der Waals surface area contributed by atoms with Crippen LogP contribution >= 0.6 is 34.8 Å². The van der Waals surface area contributed by atoms with E-state index in [0.717, 1.165) is 13.0 Å². The molecule has 2 aromatic rings. The van der Waals surface area contributed by atoms with E-state index in [1.54, 1.807) is 18.2 Å². The molecule has 1 aromatic carbocycles. The number of halogens is 3. The Bertz CT molecular complexity index is 606. The highest BCUT2D eigenvalue weighted by Crippen LogP contribution is 2.26. The van der Waals surface area contributed by atoms with Crippen LogP contribution in [0.5, 0.6) is 0 Å². The largest absolute Gasteiger partial charge is 0.354 e. The predicted octanol–water partition coefficient (Wildman–Crippen LogP) is 4.40. The van der Waals surface area contributed by atoms with Gasteiger partial charge in [-0.25, -0.2) is 0 Å². The van der Waals surface area contributed by atoms with Crippen LogP contribution in [0.25, 0.3) is 0 Å². The van der Waals surface area contributed by atoms with Gasteiger partial charge >= 0.3 is 0 Å². The molecule has 0 aliphatic rings. The Morgan fingerprint density at radius 1 is 1.00 bits per heavy atom. The third-order valence-corrected chi connectivity index (χ3v) is 3.23. The molecule has 0 radical (unpaired) electrons. The van der Waals surface area contributed by atoms with Gasteiger partial charge < -0.3 is 10.6 Å². The summed E-state index contributed by atoms with van der Waals surface area (Å²) in [5.41, 5.74) is 0.711. The maximum Gasteiger partial charge on any atom is 0.233 e. The SMILES string of the molecule is CCCNc1nc(Cl)nc(Nc2ccc(Cl)c(Cl)c2)n1. The van der Waals surface area contributed by atoms with Crippen LogP contribution in [0, 0.1) is 0 Å². The lowest BCUT2D eigenvalue weighted by Gasteiger charge is -2.08. The van der Waals surface area contributed by atoms with E-state index in [4.69, 9.17) is 34.8 Å². The van der Waals surface area contributed by atoms with Crippen molar-refractivity contribution < 1.29 is 0 Å². The van der Waals surface area contributed by atoms with E-state index in [1.165, 1.54) is 0 Å². The number of nitrogens with zero attached hydrogens (tertiary/aromatic N) is 3. The molecular formula is C12H12Cl3N5. The molecule has 5 nitrogen and oxygen atoms in total. The number of nitrogens with one attached hydrogen (secondary N) is 2. The van der Waals surface area contributed by atoms with Gasteiger partial charge in [-0.3, -0.25) is 0 Å². The summed E-state index contributed by atoms with van der Waals surface area (Å²) in [7, 11) is 0. The maximum absolute atomic E-state index is 5.95. The first-order chi connectivity index (χ1) is 9.58. The van der Waals surface area contributed by atoms with Crippen molar-refractivity contribution in [3.63, 3.8) is 0 Å². The van der Waals surface area contributed by atoms with E-state index < -0.39 is 0 Å². The normalized spacial score (nSPS) is 10.4. The zero-order chi connectivity index (χ0) is 14.5. The van der Waals surface area contributed by atoms with Gasteiger partial charge in [0.1, 0.15) is 0 Å². The molecule has 0 atom stereocenters. The number of hydrogen-bond donors (Lipinski definition) is 2. The lowest BCUT2D eigenvalue weighted by molar-refractivity contribution is 0.940. The monoisotopic (exact) mass is 331 g/mol. The fourth-order valence-corrected chi connectivity index (χ4v) is 1.88. The second-order valence-corrected chi connectivity index (χ2v) is 5.08. The van der Waals surface area contributed by atoms with Crippen LogP contribution in [0.1, 0.15) is 13.3 Å². The molecule has 106 valence electrons. The van der Waals surface area contributed by atoms with E-state index >= 15 is 0 Å². The van der Waals surface area contributed by atoms with E-state index in [-0.39, 0.29) is 5.28 Å². The third-order valence-electron chi connectivity index (χ3n) is 2.32. The summed E-state index contributed by atoms with van der Waals surface area (Å²) in [6.45, 7) is 2.80. The number of aromatic nitrogens is 3. The summed E-state index contributed by atoms with van der Waals surface area (Å²) < 4.78 is 0. The molecule has 0 unspecified atom stereocenters. The molecule has 0 aliphatic heterocycles. The topological polar surface area (TPSA) is 62.7 Å². The quantitative estimate of drug-likeness (QED) is 0.850. The average molecular weight is 333 g/mol. The Hall–Kier alpha value is -1.30. The first-order valence-electron chi connectivity index (χ1n) is 5.96. The molecule has 0 aliphatic carbocycles. The van der Waals surface area contributed by atoms with Crippen molar-refractivity contribution in [3.8, 4) is 0 Å². The average Bonchev–Trinajstić information content (AvgIpc) is 2.40. The second-order valence-electron chi connectivity index (χ2n) is 3.93. The van der Waals surface area contributed by atoms with Gasteiger partial charge in [0.2, 0.25) is 17.2 Å². The van der Waals surface area contributed by atoms with Gasteiger partial charge in [-0.05, 0) is 36.2 Å². The van der Waals surface area contributed by atoms with Gasteiger partial charge in [0.15, 0.2) is 0 Å². The van der Waals surface area contributed by atoms with Crippen LogP contribution < -0.4 is 10.6 Å². The molecule has 2 N–H and O–H groups in total. The maximum atomic E-state index is 5.95. The Balaban J connectivity index is 2.19. The van der Waals surface area contributed by atoms with E-state index in [9.17, 15) is 0 Å². The summed E-state index contributed by atoms with van der Waals surface area (Å²) in [6, 6.07) is 5.14. The van der Waals surface area contributed by atoms with Crippen molar-refractivity contribution in [3.05, 3.63) is 33.5 Å². The number of rotatable bonds is 5. The standard InChI is InChI=1S/C12H12Cl3N5/c1-2-5-16-11-18-10(15)19-12(20-11)17-7-3-4-8(13)9(14)6-7/h3-4,6H,2,5H2,1H3,(H2,16,17,18,19,20). The van der Waals surface area contributed by atoms with Crippen LogP contribution in [0.15, 0.2) is 18.2 Å². The summed E-state index contributed by atoms with van der Waals surface area (Å²) in [5, 5.41) is 7.09. The summed E-state index contributed by atoms with van der Waals surface area (Å²) in [4.78, 5) is 12.2. The Morgan fingerprint density at radius 2 is 1.75 bits per heavy atom. The molecule has 0 spiro atoms. The van der Waals surface area contributed by atoms with Crippen LogP contribution in [-0.2, 0) is 0 Å². The minimum Gasteiger partial charge on any atom is -0.354 e. The molecular weight excluding hydrogens is 321 g/mol. The van der Waals surface area contributed by atoms with Gasteiger partial charge in [0.25, 0.3) is 0 Å². The van der Waals surface area contributed by atoms with Crippen LogP contribution in [0.4, 0.5) is 17.6 Å². The van der Waals surface area contributed by atoms with E-state index in [1.807, 2.05) is 6.92 Å². The molecule has 0 bridgehead atoms. The summed E-state index contributed by atoms with van der Waals surface area (Å²) in [5.74, 6) is 0.761. The highest BCUT2D eigenvalue weighted by molar-refractivity contribution is 6.42. The fourth-order valence-electron chi connectivity index (χ4n) is 1.42. The third kappa shape index (κ3) is 4.10. The number of anilines is 3. The first-order valence-corrected chi connectivity index (χ1v) is 7.09. The molecule has 0 saturated heterocycles. The minimum atomic E-state index is 0.112. The Labute approximate surface area is 131 Å². The fraction of sp³-hybridized carbons (Fsp3) is 0.250. The predicted molar refractivity (Wildman–Crippen MR) is 83.4 cm³/mol. The molecule has 0 saturated carbocycles. The van der Waals surface area contributed by atoms with Crippen molar-refractivity contribution in [2.45, 2.75) is 13.3 Å². The molecule has 8 heteroatoms. The minimum absolute atomic E-state index is 0.112. The highest BCUT2D eigenvalue weighted by atomic mass is 35.5. The molecule has 20 heavy (non-hydrogen) atoms. The van der Waals surface area contributed by atoms with Crippen molar-refractivity contribution in [1.29, 1.82) is 0 Å². The Morgan fingerprint density at radius 3 is 2.45 bits per heavy atom. The molecule has 0 fully saturated rings. The van der Waals surface area contributed by atoms with E-state index in [2.05, 4.69) is 25.6 Å². The lowest BCUT2D eigenvalue weighted by atomic mass is 10.3. The van der Waals surface area contributed by atoms with Gasteiger partial charge in [0.05, 0.1) is 10.0 Å². The van der Waals surface area contributed by atoms with Crippen molar-refractivity contribution >= 4 is 52.4 Å². The first kappa shape index (κ1) is 15.1. The smallest absolute Gasteiger partial charge is 0.233 e. The van der Waals surface area contributed by atoms with E-state index in [0.29, 0.717) is 27.6 Å². The molecule has 1 heterocycles. The second kappa shape index (κ2) is 6.92. The van der Waals surface area contributed by atoms with Crippen molar-refractivity contribution in [2.24, 2.45) is 0 Å². The zero-order valence-electron chi connectivity index (χ0n) is 10.6. The Kier molecular flexibility index (Phi) is 5.23.